The number of benzene rings is 2. The number of halogens is 1. The first kappa shape index (κ1) is 29.7. The second-order valence-electron chi connectivity index (χ2n) is 11.7. The smallest absolute Gasteiger partial charge is 0.232 e. The van der Waals surface area contributed by atoms with E-state index >= 15 is 0 Å². The van der Waals surface area contributed by atoms with Crippen molar-refractivity contribution in [3.05, 3.63) is 59.1 Å². The Morgan fingerprint density at radius 3 is 2.20 bits per heavy atom. The molecule has 0 aromatic heterocycles. The highest BCUT2D eigenvalue weighted by atomic mass is 35.5. The van der Waals surface area contributed by atoms with Crippen LogP contribution in [0, 0.1) is 11.8 Å². The molecule has 5 rings (SSSR count). The Bertz CT molecular complexity index is 1320. The molecule has 8 nitrogen and oxygen atoms in total. The number of nitrogens with zero attached hydrogens (tertiary/aromatic N) is 4. The molecule has 2 saturated heterocycles. The second kappa shape index (κ2) is 13.0. The van der Waals surface area contributed by atoms with Crippen LogP contribution in [-0.4, -0.2) is 82.1 Å². The number of sulfonamides is 1. The zero-order valence-corrected chi connectivity index (χ0v) is 25.5. The van der Waals surface area contributed by atoms with Crippen LogP contribution in [0.25, 0.3) is 0 Å². The lowest BCUT2D eigenvalue weighted by Gasteiger charge is -2.39. The van der Waals surface area contributed by atoms with E-state index in [1.54, 1.807) is 4.31 Å². The van der Waals surface area contributed by atoms with Gasteiger partial charge in [-0.15, -0.1) is 0 Å². The lowest BCUT2D eigenvalue weighted by atomic mass is 9.93. The first-order chi connectivity index (χ1) is 19.7. The standard InChI is InChI=1S/C31H41ClN4O4S/c1-41(39,40)36(23-25-9-10-25)29-8-4-3-7-28(29)33-17-19-35(20-18-33)31(38)26(21-24-11-13-27(32)14-12-24)22-30(37)34-15-5-2-6-16-34/h3-4,7-8,11-14,25-26H,2,5-6,9-10,15-23H2,1H3/t26-/m0/s1. The number of carbonyl (C=O) groups excluding carboxylic acids is 2. The summed E-state index contributed by atoms with van der Waals surface area (Å²) >= 11 is 6.09. The molecular weight excluding hydrogens is 560 g/mol. The molecule has 2 heterocycles. The average Bonchev–Trinajstić information content (AvgIpc) is 3.81. The molecule has 1 saturated carbocycles. The van der Waals surface area contributed by atoms with Gasteiger partial charge in [0.15, 0.2) is 0 Å². The quantitative estimate of drug-likeness (QED) is 0.403. The largest absolute Gasteiger partial charge is 0.366 e. The molecule has 0 spiro atoms. The summed E-state index contributed by atoms with van der Waals surface area (Å²) in [6.07, 6.45) is 7.27. The average molecular weight is 601 g/mol. The zero-order chi connectivity index (χ0) is 29.0. The van der Waals surface area contributed by atoms with Gasteiger partial charge in [0.2, 0.25) is 21.8 Å². The fourth-order valence-corrected chi connectivity index (χ4v) is 7.07. The van der Waals surface area contributed by atoms with Gasteiger partial charge in [-0.1, -0.05) is 35.9 Å². The third-order valence-corrected chi connectivity index (χ3v) is 9.88. The van der Waals surface area contributed by atoms with Gasteiger partial charge in [0.1, 0.15) is 0 Å². The maximum absolute atomic E-state index is 13.9. The van der Waals surface area contributed by atoms with Crippen LogP contribution in [-0.2, 0) is 26.0 Å². The Morgan fingerprint density at radius 1 is 0.902 bits per heavy atom. The number of amides is 2. The molecule has 0 bridgehead atoms. The summed E-state index contributed by atoms with van der Waals surface area (Å²) in [6, 6.07) is 15.2. The maximum Gasteiger partial charge on any atom is 0.232 e. The monoisotopic (exact) mass is 600 g/mol. The van der Waals surface area contributed by atoms with Crippen LogP contribution in [0.2, 0.25) is 5.02 Å². The number of rotatable bonds is 10. The molecule has 3 aliphatic rings. The Morgan fingerprint density at radius 2 is 1.56 bits per heavy atom. The first-order valence-corrected chi connectivity index (χ1v) is 17.0. The van der Waals surface area contributed by atoms with Crippen LogP contribution in [0.3, 0.4) is 0 Å². The lowest BCUT2D eigenvalue weighted by molar-refractivity contribution is -0.142. The van der Waals surface area contributed by atoms with E-state index in [-0.39, 0.29) is 18.2 Å². The summed E-state index contributed by atoms with van der Waals surface area (Å²) in [6.45, 7) is 4.27. The normalized spacial score (nSPS) is 18.7. The van der Waals surface area contributed by atoms with Crippen LogP contribution in [0.15, 0.2) is 48.5 Å². The van der Waals surface area contributed by atoms with Crippen molar-refractivity contribution >= 4 is 44.8 Å². The predicted molar refractivity (Wildman–Crippen MR) is 164 cm³/mol. The first-order valence-electron chi connectivity index (χ1n) is 14.8. The molecular formula is C31H41ClN4O4S. The van der Waals surface area contributed by atoms with E-state index in [2.05, 4.69) is 4.90 Å². The maximum atomic E-state index is 13.9. The Kier molecular flexibility index (Phi) is 9.44. The number of piperidine rings is 1. The lowest BCUT2D eigenvalue weighted by Crippen LogP contribution is -2.51. The van der Waals surface area contributed by atoms with Crippen molar-refractivity contribution in [2.75, 3.05) is 61.3 Å². The molecule has 3 fully saturated rings. The Balaban J connectivity index is 1.28. The molecule has 10 heteroatoms. The van der Waals surface area contributed by atoms with Gasteiger partial charge in [-0.3, -0.25) is 13.9 Å². The molecule has 2 aromatic carbocycles. The van der Waals surface area contributed by atoms with Crippen molar-refractivity contribution in [2.24, 2.45) is 11.8 Å². The third kappa shape index (κ3) is 7.74. The minimum atomic E-state index is -3.43. The minimum Gasteiger partial charge on any atom is -0.366 e. The van der Waals surface area contributed by atoms with Gasteiger partial charge < -0.3 is 14.7 Å². The van der Waals surface area contributed by atoms with Crippen molar-refractivity contribution < 1.29 is 18.0 Å². The van der Waals surface area contributed by atoms with Gasteiger partial charge in [0.25, 0.3) is 0 Å². The van der Waals surface area contributed by atoms with E-state index < -0.39 is 15.9 Å². The number of piperazine rings is 1. The van der Waals surface area contributed by atoms with Gasteiger partial charge in [-0.05, 0) is 74.3 Å². The molecule has 1 aliphatic carbocycles. The van der Waals surface area contributed by atoms with E-state index in [0.29, 0.717) is 55.8 Å². The van der Waals surface area contributed by atoms with Crippen LogP contribution in [0.5, 0.6) is 0 Å². The molecule has 2 aliphatic heterocycles. The fraction of sp³-hybridized carbons (Fsp3) is 0.548. The topological polar surface area (TPSA) is 81.2 Å². The highest BCUT2D eigenvalue weighted by Crippen LogP contribution is 2.37. The predicted octanol–water partition coefficient (Wildman–Crippen LogP) is 4.43. The molecule has 222 valence electrons. The van der Waals surface area contributed by atoms with Gasteiger partial charge in [-0.25, -0.2) is 8.42 Å². The highest BCUT2D eigenvalue weighted by molar-refractivity contribution is 7.92. The molecule has 41 heavy (non-hydrogen) atoms. The number of anilines is 2. The highest BCUT2D eigenvalue weighted by Gasteiger charge is 2.34. The van der Waals surface area contributed by atoms with Crippen molar-refractivity contribution in [1.29, 1.82) is 0 Å². The number of hydrogen-bond donors (Lipinski definition) is 0. The van der Waals surface area contributed by atoms with Gasteiger partial charge in [0, 0.05) is 57.3 Å². The Hall–Kier alpha value is -2.78. The summed E-state index contributed by atoms with van der Waals surface area (Å²) < 4.78 is 27.0. The summed E-state index contributed by atoms with van der Waals surface area (Å²) in [5.41, 5.74) is 2.57. The van der Waals surface area contributed by atoms with Crippen molar-refractivity contribution in [3.8, 4) is 0 Å². The van der Waals surface area contributed by atoms with Crippen LogP contribution in [0.1, 0.15) is 44.1 Å². The number of likely N-dealkylation sites (tertiary alicyclic amines) is 1. The molecule has 2 aromatic rings. The number of para-hydroxylation sites is 2. The molecule has 0 unspecified atom stereocenters. The third-order valence-electron chi connectivity index (χ3n) is 8.48. The van der Waals surface area contributed by atoms with E-state index in [9.17, 15) is 18.0 Å². The van der Waals surface area contributed by atoms with Gasteiger partial charge in [0.05, 0.1) is 23.5 Å². The summed E-state index contributed by atoms with van der Waals surface area (Å²) in [5.74, 6) is 0.0343. The number of hydrogen-bond acceptors (Lipinski definition) is 5. The number of carbonyl (C=O) groups is 2. The van der Waals surface area contributed by atoms with Crippen molar-refractivity contribution in [2.45, 2.75) is 44.9 Å². The van der Waals surface area contributed by atoms with Gasteiger partial charge >= 0.3 is 0 Å². The summed E-state index contributed by atoms with van der Waals surface area (Å²) in [7, 11) is -3.43. The molecule has 0 radical (unpaired) electrons. The van der Waals surface area contributed by atoms with E-state index in [0.717, 1.165) is 56.4 Å². The molecule has 2 amide bonds. The van der Waals surface area contributed by atoms with E-state index in [4.69, 9.17) is 11.6 Å². The van der Waals surface area contributed by atoms with Crippen LogP contribution >= 0.6 is 11.6 Å². The van der Waals surface area contributed by atoms with Crippen molar-refractivity contribution in [3.63, 3.8) is 0 Å². The van der Waals surface area contributed by atoms with E-state index in [1.165, 1.54) is 6.26 Å². The summed E-state index contributed by atoms with van der Waals surface area (Å²) in [5, 5.41) is 0.643. The van der Waals surface area contributed by atoms with Crippen molar-refractivity contribution in [1.82, 2.24) is 9.80 Å². The van der Waals surface area contributed by atoms with Gasteiger partial charge in [-0.2, -0.15) is 0 Å². The van der Waals surface area contributed by atoms with E-state index in [1.807, 2.05) is 58.3 Å². The van der Waals surface area contributed by atoms with Crippen LogP contribution < -0.4 is 9.21 Å². The zero-order valence-electron chi connectivity index (χ0n) is 23.9. The Labute approximate surface area is 249 Å². The molecule has 0 N–H and O–H groups in total. The molecule has 1 atom stereocenters. The fourth-order valence-electron chi connectivity index (χ4n) is 5.95. The second-order valence-corrected chi connectivity index (χ2v) is 14.1. The van der Waals surface area contributed by atoms with Crippen LogP contribution in [0.4, 0.5) is 11.4 Å². The minimum absolute atomic E-state index is 0.00439. The SMILES string of the molecule is CS(=O)(=O)N(CC1CC1)c1ccccc1N1CCN(C(=O)[C@H](CC(=O)N2CCCCC2)Cc2ccc(Cl)cc2)CC1. The summed E-state index contributed by atoms with van der Waals surface area (Å²) in [4.78, 5) is 33.1.